The van der Waals surface area contributed by atoms with Gasteiger partial charge in [0.1, 0.15) is 5.75 Å². The number of carbonyl (C=O) groups excluding carboxylic acids is 2. The van der Waals surface area contributed by atoms with Gasteiger partial charge in [0.15, 0.2) is 0 Å². The third-order valence-electron chi connectivity index (χ3n) is 2.89. The monoisotopic (exact) mass is 279 g/mol. The lowest BCUT2D eigenvalue weighted by atomic mass is 10.1. The van der Waals surface area contributed by atoms with Crippen molar-refractivity contribution in [2.45, 2.75) is 25.3 Å². The molecule has 0 radical (unpaired) electrons. The van der Waals surface area contributed by atoms with Crippen LogP contribution in [0.3, 0.4) is 0 Å². The van der Waals surface area contributed by atoms with E-state index >= 15 is 0 Å². The van der Waals surface area contributed by atoms with Gasteiger partial charge in [-0.3, -0.25) is 9.59 Å². The number of hydrogen-bond acceptors (Lipinski definition) is 4. The van der Waals surface area contributed by atoms with E-state index in [1.54, 1.807) is 7.11 Å². The highest BCUT2D eigenvalue weighted by Gasteiger charge is 2.13. The molecule has 1 atom stereocenters. The summed E-state index contributed by atoms with van der Waals surface area (Å²) in [5, 5.41) is 2.74. The molecule has 0 saturated heterocycles. The third kappa shape index (κ3) is 5.71. The molecule has 20 heavy (non-hydrogen) atoms. The Morgan fingerprint density at radius 3 is 2.80 bits per heavy atom. The van der Waals surface area contributed by atoms with E-state index in [1.807, 2.05) is 24.3 Å². The minimum absolute atomic E-state index is 0.116. The molecular formula is C14H21N3O3. The molecule has 0 aromatic heterocycles. The molecule has 0 aliphatic carbocycles. The van der Waals surface area contributed by atoms with Crippen LogP contribution in [0.1, 0.15) is 18.4 Å². The molecule has 6 heteroatoms. The molecule has 1 aromatic carbocycles. The van der Waals surface area contributed by atoms with Crippen molar-refractivity contribution in [3.8, 4) is 5.75 Å². The fourth-order valence-corrected chi connectivity index (χ4v) is 1.72. The van der Waals surface area contributed by atoms with E-state index in [9.17, 15) is 9.59 Å². The molecule has 0 unspecified atom stereocenters. The maximum atomic E-state index is 11.7. The summed E-state index contributed by atoms with van der Waals surface area (Å²) < 4.78 is 5.12. The molecule has 1 aromatic rings. The topological polar surface area (TPSA) is 107 Å². The summed E-state index contributed by atoms with van der Waals surface area (Å²) in [4.78, 5) is 22.3. The van der Waals surface area contributed by atoms with Crippen LogP contribution in [0.4, 0.5) is 0 Å². The van der Waals surface area contributed by atoms with Crippen LogP contribution in [0, 0.1) is 0 Å². The Labute approximate surface area is 118 Å². The zero-order valence-electron chi connectivity index (χ0n) is 11.6. The molecule has 5 N–H and O–H groups in total. The number of hydrogen-bond donors (Lipinski definition) is 3. The molecule has 0 aliphatic rings. The standard InChI is InChI=1S/C14H21N3O3/c1-20-11-4-2-3-10(9-11)7-8-17-14(19)12(15)5-6-13(16)18/h2-4,9,12H,5-8,15H2,1H3,(H2,16,18)(H,17,19)/t12-/m0/s1. The second-order valence-corrected chi connectivity index (χ2v) is 4.50. The lowest BCUT2D eigenvalue weighted by Crippen LogP contribution is -2.41. The third-order valence-corrected chi connectivity index (χ3v) is 2.89. The summed E-state index contributed by atoms with van der Waals surface area (Å²) in [6.45, 7) is 0.482. The van der Waals surface area contributed by atoms with Crippen LogP contribution in [0.15, 0.2) is 24.3 Å². The first-order valence-corrected chi connectivity index (χ1v) is 6.47. The van der Waals surface area contributed by atoms with Crippen molar-refractivity contribution in [2.24, 2.45) is 11.5 Å². The Morgan fingerprint density at radius 2 is 2.15 bits per heavy atom. The molecule has 2 amide bonds. The van der Waals surface area contributed by atoms with Gasteiger partial charge in [-0.15, -0.1) is 0 Å². The van der Waals surface area contributed by atoms with Crippen LogP contribution in [0.2, 0.25) is 0 Å². The Hall–Kier alpha value is -2.08. The van der Waals surface area contributed by atoms with E-state index in [4.69, 9.17) is 16.2 Å². The molecule has 0 aliphatic heterocycles. The summed E-state index contributed by atoms with van der Waals surface area (Å²) >= 11 is 0. The number of methoxy groups -OCH3 is 1. The van der Waals surface area contributed by atoms with Crippen LogP contribution in [0.5, 0.6) is 5.75 Å². The quantitative estimate of drug-likeness (QED) is 0.620. The SMILES string of the molecule is COc1cccc(CCNC(=O)[C@@H](N)CCC(N)=O)c1. The van der Waals surface area contributed by atoms with Crippen LogP contribution in [-0.2, 0) is 16.0 Å². The van der Waals surface area contributed by atoms with Crippen LogP contribution in [-0.4, -0.2) is 31.5 Å². The van der Waals surface area contributed by atoms with Gasteiger partial charge in [0.05, 0.1) is 13.2 Å². The van der Waals surface area contributed by atoms with Crippen molar-refractivity contribution in [1.29, 1.82) is 0 Å². The number of nitrogens with one attached hydrogen (secondary N) is 1. The molecular weight excluding hydrogens is 258 g/mol. The molecule has 0 spiro atoms. The maximum Gasteiger partial charge on any atom is 0.236 e. The molecule has 0 saturated carbocycles. The number of rotatable bonds is 8. The van der Waals surface area contributed by atoms with E-state index in [0.29, 0.717) is 13.0 Å². The lowest BCUT2D eigenvalue weighted by Gasteiger charge is -2.11. The zero-order chi connectivity index (χ0) is 15.0. The average molecular weight is 279 g/mol. The number of primary amides is 1. The Kier molecular flexibility index (Phi) is 6.52. The van der Waals surface area contributed by atoms with Gasteiger partial charge in [-0.2, -0.15) is 0 Å². The highest BCUT2D eigenvalue weighted by Crippen LogP contribution is 2.12. The summed E-state index contributed by atoms with van der Waals surface area (Å²) in [6, 6.07) is 6.94. The van der Waals surface area contributed by atoms with Gasteiger partial charge >= 0.3 is 0 Å². The number of carbonyl (C=O) groups is 2. The van der Waals surface area contributed by atoms with Crippen LogP contribution >= 0.6 is 0 Å². The van der Waals surface area contributed by atoms with Gasteiger partial charge in [0.25, 0.3) is 0 Å². The van der Waals surface area contributed by atoms with Gasteiger partial charge in [-0.25, -0.2) is 0 Å². The summed E-state index contributed by atoms with van der Waals surface area (Å²) in [7, 11) is 1.61. The van der Waals surface area contributed by atoms with Crippen LogP contribution < -0.4 is 21.5 Å². The van der Waals surface area contributed by atoms with Crippen molar-refractivity contribution < 1.29 is 14.3 Å². The molecule has 1 rings (SSSR count). The predicted octanol–water partition coefficient (Wildman–Crippen LogP) is -0.0533. The van der Waals surface area contributed by atoms with E-state index in [1.165, 1.54) is 0 Å². The minimum atomic E-state index is -0.701. The first kappa shape index (κ1) is 16.0. The highest BCUT2D eigenvalue weighted by atomic mass is 16.5. The lowest BCUT2D eigenvalue weighted by molar-refractivity contribution is -0.122. The molecule has 110 valence electrons. The second-order valence-electron chi connectivity index (χ2n) is 4.50. The summed E-state index contributed by atoms with van der Waals surface area (Å²) in [5.41, 5.74) is 11.7. The van der Waals surface area contributed by atoms with E-state index < -0.39 is 11.9 Å². The average Bonchev–Trinajstić information content (AvgIpc) is 2.44. The molecule has 0 bridgehead atoms. The normalized spacial score (nSPS) is 11.7. The molecule has 6 nitrogen and oxygen atoms in total. The van der Waals surface area contributed by atoms with Crippen molar-refractivity contribution in [3.63, 3.8) is 0 Å². The van der Waals surface area contributed by atoms with E-state index in [2.05, 4.69) is 5.32 Å². The van der Waals surface area contributed by atoms with Crippen molar-refractivity contribution in [1.82, 2.24) is 5.32 Å². The van der Waals surface area contributed by atoms with Crippen molar-refractivity contribution >= 4 is 11.8 Å². The number of nitrogens with two attached hydrogens (primary N) is 2. The summed E-state index contributed by atoms with van der Waals surface area (Å²) in [5.74, 6) is 0.0609. The Balaban J connectivity index is 2.32. The predicted molar refractivity (Wildman–Crippen MR) is 76.1 cm³/mol. The second kappa shape index (κ2) is 8.16. The van der Waals surface area contributed by atoms with E-state index in [0.717, 1.165) is 11.3 Å². The minimum Gasteiger partial charge on any atom is -0.497 e. The van der Waals surface area contributed by atoms with Crippen LogP contribution in [0.25, 0.3) is 0 Å². The number of ether oxygens (including phenoxy) is 1. The fourth-order valence-electron chi connectivity index (χ4n) is 1.72. The number of benzene rings is 1. The smallest absolute Gasteiger partial charge is 0.236 e. The van der Waals surface area contributed by atoms with Crippen molar-refractivity contribution in [3.05, 3.63) is 29.8 Å². The summed E-state index contributed by atoms with van der Waals surface area (Å²) in [6.07, 6.45) is 1.07. The van der Waals surface area contributed by atoms with Gasteiger partial charge in [-0.05, 0) is 30.5 Å². The first-order chi connectivity index (χ1) is 9.52. The molecule has 0 heterocycles. The van der Waals surface area contributed by atoms with Gasteiger partial charge in [0.2, 0.25) is 11.8 Å². The number of amides is 2. The highest BCUT2D eigenvalue weighted by molar-refractivity contribution is 5.82. The Morgan fingerprint density at radius 1 is 1.40 bits per heavy atom. The fraction of sp³-hybridized carbons (Fsp3) is 0.429. The maximum absolute atomic E-state index is 11.7. The Bertz CT molecular complexity index is 463. The van der Waals surface area contributed by atoms with Crippen molar-refractivity contribution in [2.75, 3.05) is 13.7 Å². The van der Waals surface area contributed by atoms with Gasteiger partial charge < -0.3 is 21.5 Å². The molecule has 0 fully saturated rings. The van der Waals surface area contributed by atoms with Gasteiger partial charge in [0, 0.05) is 13.0 Å². The zero-order valence-corrected chi connectivity index (χ0v) is 11.6. The largest absolute Gasteiger partial charge is 0.497 e. The van der Waals surface area contributed by atoms with Gasteiger partial charge in [-0.1, -0.05) is 12.1 Å². The van der Waals surface area contributed by atoms with E-state index in [-0.39, 0.29) is 18.7 Å². The first-order valence-electron chi connectivity index (χ1n) is 6.47.